The van der Waals surface area contributed by atoms with E-state index in [1.165, 1.54) is 11.0 Å². The molecule has 10 heteroatoms. The van der Waals surface area contributed by atoms with Crippen LogP contribution in [-0.4, -0.2) is 46.3 Å². The van der Waals surface area contributed by atoms with E-state index in [1.807, 2.05) is 0 Å². The number of aromatic nitrogens is 2. The highest BCUT2D eigenvalue weighted by molar-refractivity contribution is 5.99. The molecule has 7 nitrogen and oxygen atoms in total. The van der Waals surface area contributed by atoms with E-state index in [-0.39, 0.29) is 53.7 Å². The third-order valence-electron chi connectivity index (χ3n) is 4.67. The molecule has 1 fully saturated rings. The highest BCUT2D eigenvalue weighted by Gasteiger charge is 2.39. The van der Waals surface area contributed by atoms with Gasteiger partial charge in [0.05, 0.1) is 19.2 Å². The van der Waals surface area contributed by atoms with Gasteiger partial charge in [0.15, 0.2) is 0 Å². The fraction of sp³-hybridized carbons (Fsp3) is 0.438. The third kappa shape index (κ3) is 2.74. The molecule has 1 amide bonds. The Labute approximate surface area is 145 Å². The van der Waals surface area contributed by atoms with E-state index in [2.05, 4.69) is 10.2 Å². The number of alkyl halides is 2. The molecule has 1 aromatic heterocycles. The van der Waals surface area contributed by atoms with Gasteiger partial charge in [-0.3, -0.25) is 4.79 Å². The zero-order valence-corrected chi connectivity index (χ0v) is 13.5. The number of nitrogens with two attached hydrogens (primary N) is 1. The van der Waals surface area contributed by atoms with Crippen molar-refractivity contribution < 1.29 is 27.1 Å². The molecule has 0 radical (unpaired) electrons. The molecule has 0 aliphatic carbocycles. The van der Waals surface area contributed by atoms with Gasteiger partial charge in [0.25, 0.3) is 11.8 Å². The van der Waals surface area contributed by atoms with Crippen LogP contribution >= 0.6 is 0 Å². The first-order chi connectivity index (χ1) is 12.5. The van der Waals surface area contributed by atoms with Gasteiger partial charge in [-0.1, -0.05) is 0 Å². The maximum absolute atomic E-state index is 14.5. The van der Waals surface area contributed by atoms with Gasteiger partial charge >= 0.3 is 6.43 Å². The first-order valence-electron chi connectivity index (χ1n) is 8.04. The summed E-state index contributed by atoms with van der Waals surface area (Å²) in [6.07, 6.45) is -2.32. The molecule has 138 valence electrons. The minimum atomic E-state index is -2.93. The number of halogens is 3. The average Bonchev–Trinajstić information content (AvgIpc) is 3.22. The number of amides is 1. The molecular weight excluding hydrogens is 353 g/mol. The van der Waals surface area contributed by atoms with Crippen molar-refractivity contribution in [1.82, 2.24) is 15.1 Å². The van der Waals surface area contributed by atoms with Gasteiger partial charge in [0, 0.05) is 29.3 Å². The molecule has 4 rings (SSSR count). The Hall–Kier alpha value is -2.46. The SMILES string of the molecule is N[C@@H]1CCOC[C@H]1N1Cc2c(F)cc(-c3nnc(C(F)F)o3)cc2C1=O. The summed E-state index contributed by atoms with van der Waals surface area (Å²) in [7, 11) is 0. The summed E-state index contributed by atoms with van der Waals surface area (Å²) in [6, 6.07) is 1.86. The van der Waals surface area contributed by atoms with Crippen molar-refractivity contribution in [3.8, 4) is 11.5 Å². The summed E-state index contributed by atoms with van der Waals surface area (Å²) >= 11 is 0. The number of hydrogen-bond donors (Lipinski definition) is 1. The Morgan fingerprint density at radius 3 is 2.81 bits per heavy atom. The van der Waals surface area contributed by atoms with Crippen LogP contribution in [0, 0.1) is 5.82 Å². The van der Waals surface area contributed by atoms with Crippen LogP contribution in [0.1, 0.15) is 34.7 Å². The number of carbonyl (C=O) groups is 1. The van der Waals surface area contributed by atoms with Crippen LogP contribution in [-0.2, 0) is 11.3 Å². The largest absolute Gasteiger partial charge is 0.415 e. The van der Waals surface area contributed by atoms with E-state index in [0.29, 0.717) is 13.0 Å². The van der Waals surface area contributed by atoms with Gasteiger partial charge in [0.1, 0.15) is 5.82 Å². The number of ether oxygens (including phenoxy) is 1. The second kappa shape index (κ2) is 6.36. The van der Waals surface area contributed by atoms with Crippen LogP contribution in [0.4, 0.5) is 13.2 Å². The smallest absolute Gasteiger partial charge is 0.314 e. The summed E-state index contributed by atoms with van der Waals surface area (Å²) < 4.78 is 50.0. The van der Waals surface area contributed by atoms with Crippen molar-refractivity contribution in [3.05, 3.63) is 35.0 Å². The lowest BCUT2D eigenvalue weighted by molar-refractivity contribution is 0.00815. The van der Waals surface area contributed by atoms with Crippen molar-refractivity contribution in [3.63, 3.8) is 0 Å². The number of benzene rings is 1. The van der Waals surface area contributed by atoms with Crippen LogP contribution in [0.25, 0.3) is 11.5 Å². The number of carbonyl (C=O) groups excluding carboxylic acids is 1. The number of fused-ring (bicyclic) bond motifs is 1. The minimum absolute atomic E-state index is 0.0695. The molecular formula is C16H15F3N4O3. The lowest BCUT2D eigenvalue weighted by Crippen LogP contribution is -2.53. The second-order valence-electron chi connectivity index (χ2n) is 6.26. The molecule has 26 heavy (non-hydrogen) atoms. The average molecular weight is 368 g/mol. The topological polar surface area (TPSA) is 94.5 Å². The van der Waals surface area contributed by atoms with Gasteiger partial charge in [-0.2, -0.15) is 8.78 Å². The van der Waals surface area contributed by atoms with E-state index < -0.39 is 18.1 Å². The maximum Gasteiger partial charge on any atom is 0.314 e. The zero-order valence-electron chi connectivity index (χ0n) is 13.5. The van der Waals surface area contributed by atoms with Gasteiger partial charge < -0.3 is 19.8 Å². The molecule has 2 aliphatic heterocycles. The Kier molecular flexibility index (Phi) is 4.16. The highest BCUT2D eigenvalue weighted by Crippen LogP contribution is 2.33. The highest BCUT2D eigenvalue weighted by atomic mass is 19.3. The fourth-order valence-electron chi connectivity index (χ4n) is 3.28. The van der Waals surface area contributed by atoms with E-state index in [1.54, 1.807) is 0 Å². The predicted molar refractivity (Wildman–Crippen MR) is 81.7 cm³/mol. The molecule has 0 unspecified atom stereocenters. The van der Waals surface area contributed by atoms with Crippen molar-refractivity contribution in [2.24, 2.45) is 5.73 Å². The first-order valence-corrected chi connectivity index (χ1v) is 8.04. The monoisotopic (exact) mass is 368 g/mol. The first kappa shape index (κ1) is 17.0. The van der Waals surface area contributed by atoms with Gasteiger partial charge in [0.2, 0.25) is 5.89 Å². The van der Waals surface area contributed by atoms with Crippen LogP contribution in [0.2, 0.25) is 0 Å². The Bertz CT molecular complexity index is 857. The molecule has 0 bridgehead atoms. The number of rotatable bonds is 3. The third-order valence-corrected chi connectivity index (χ3v) is 4.67. The lowest BCUT2D eigenvalue weighted by atomic mass is 10.0. The molecule has 0 spiro atoms. The molecule has 2 atom stereocenters. The molecule has 1 saturated heterocycles. The molecule has 2 aliphatic rings. The van der Waals surface area contributed by atoms with E-state index in [4.69, 9.17) is 14.9 Å². The van der Waals surface area contributed by atoms with E-state index >= 15 is 0 Å². The van der Waals surface area contributed by atoms with Gasteiger partial charge in [-0.05, 0) is 18.6 Å². The second-order valence-corrected chi connectivity index (χ2v) is 6.26. The van der Waals surface area contributed by atoms with E-state index in [9.17, 15) is 18.0 Å². The fourth-order valence-corrected chi connectivity index (χ4v) is 3.28. The van der Waals surface area contributed by atoms with Crippen LogP contribution < -0.4 is 5.73 Å². The summed E-state index contributed by atoms with van der Waals surface area (Å²) in [6.45, 7) is 0.889. The van der Waals surface area contributed by atoms with Crippen molar-refractivity contribution in [2.75, 3.05) is 13.2 Å². The zero-order chi connectivity index (χ0) is 18.4. The number of hydrogen-bond acceptors (Lipinski definition) is 6. The molecule has 0 saturated carbocycles. The summed E-state index contributed by atoms with van der Waals surface area (Å²) in [5.41, 5.74) is 6.50. The van der Waals surface area contributed by atoms with Gasteiger partial charge in [-0.15, -0.1) is 10.2 Å². The van der Waals surface area contributed by atoms with Crippen molar-refractivity contribution >= 4 is 5.91 Å². The summed E-state index contributed by atoms with van der Waals surface area (Å²) in [5.74, 6) is -2.17. The van der Waals surface area contributed by atoms with Crippen molar-refractivity contribution in [1.29, 1.82) is 0 Å². The summed E-state index contributed by atoms with van der Waals surface area (Å²) in [5, 5.41) is 6.71. The van der Waals surface area contributed by atoms with Gasteiger partial charge in [-0.25, -0.2) is 4.39 Å². The predicted octanol–water partition coefficient (Wildman–Crippen LogP) is 1.89. The molecule has 3 heterocycles. The van der Waals surface area contributed by atoms with Crippen LogP contribution in [0.3, 0.4) is 0 Å². The molecule has 2 N–H and O–H groups in total. The Morgan fingerprint density at radius 1 is 1.31 bits per heavy atom. The standard InChI is InChI=1S/C16H15F3N4O3/c17-10-4-7(14-21-22-15(26-14)13(18)19)3-8-9(10)5-23(16(8)24)12-6-25-2-1-11(12)20/h3-4,11-13H,1-2,5-6,20H2/t11-,12-/m1/s1. The summed E-state index contributed by atoms with van der Waals surface area (Å²) in [4.78, 5) is 14.2. The Morgan fingerprint density at radius 2 is 2.12 bits per heavy atom. The van der Waals surface area contributed by atoms with Crippen LogP contribution in [0.15, 0.2) is 16.5 Å². The quantitative estimate of drug-likeness (QED) is 0.889. The number of nitrogens with zero attached hydrogens (tertiary/aromatic N) is 3. The lowest BCUT2D eigenvalue weighted by Gasteiger charge is -2.35. The normalized spacial score (nSPS) is 23.0. The molecule has 1 aromatic carbocycles. The van der Waals surface area contributed by atoms with E-state index in [0.717, 1.165) is 6.07 Å². The van der Waals surface area contributed by atoms with Crippen LogP contribution in [0.5, 0.6) is 0 Å². The minimum Gasteiger partial charge on any atom is -0.415 e. The maximum atomic E-state index is 14.5. The van der Waals surface area contributed by atoms with Crippen molar-refractivity contribution in [2.45, 2.75) is 31.5 Å². The molecule has 2 aromatic rings. The Balaban J connectivity index is 1.67.